The number of benzene rings is 1. The van der Waals surface area contributed by atoms with Gasteiger partial charge in [0.15, 0.2) is 0 Å². The third-order valence-electron chi connectivity index (χ3n) is 2.90. The maximum Gasteiger partial charge on any atom is 0.329 e. The summed E-state index contributed by atoms with van der Waals surface area (Å²) < 4.78 is 1.00. The highest BCUT2D eigenvalue weighted by Gasteiger charge is 2.03. The van der Waals surface area contributed by atoms with E-state index in [2.05, 4.69) is 10.1 Å². The zero-order chi connectivity index (χ0) is 14.5. The number of rotatable bonds is 4. The van der Waals surface area contributed by atoms with Gasteiger partial charge in [-0.25, -0.2) is 4.79 Å². The van der Waals surface area contributed by atoms with Crippen molar-refractivity contribution in [2.45, 2.75) is 6.42 Å². The molecule has 1 aromatic heterocycles. The van der Waals surface area contributed by atoms with E-state index < -0.39 is 5.69 Å². The molecule has 6 nitrogen and oxygen atoms in total. The monoisotopic (exact) mass is 272 g/mol. The lowest BCUT2D eigenvalue weighted by molar-refractivity contribution is 0.766. The van der Waals surface area contributed by atoms with Crippen LogP contribution in [-0.4, -0.2) is 22.8 Å². The lowest BCUT2D eigenvalue weighted by atomic mass is 10.2. The first-order valence-corrected chi connectivity index (χ1v) is 6.18. The van der Waals surface area contributed by atoms with Crippen LogP contribution in [0.2, 0.25) is 0 Å². The fourth-order valence-electron chi connectivity index (χ4n) is 1.66. The van der Waals surface area contributed by atoms with Gasteiger partial charge in [0.05, 0.1) is 0 Å². The average Bonchev–Trinajstić information content (AvgIpc) is 2.45. The third kappa shape index (κ3) is 3.23. The first-order chi connectivity index (χ1) is 9.58. The molecule has 1 heterocycles. The summed E-state index contributed by atoms with van der Waals surface area (Å²) in [5.74, 6) is 0.363. The number of hydrogen-bond acceptors (Lipinski definition) is 4. The van der Waals surface area contributed by atoms with E-state index in [1.165, 1.54) is 18.1 Å². The zero-order valence-electron chi connectivity index (χ0n) is 11.4. The molecule has 20 heavy (non-hydrogen) atoms. The van der Waals surface area contributed by atoms with Crippen molar-refractivity contribution in [1.82, 2.24) is 9.55 Å². The van der Waals surface area contributed by atoms with Gasteiger partial charge in [-0.15, -0.1) is 0 Å². The van der Waals surface area contributed by atoms with Crippen LogP contribution in [0.25, 0.3) is 0 Å². The highest BCUT2D eigenvalue weighted by Crippen LogP contribution is 2.03. The van der Waals surface area contributed by atoms with Crippen molar-refractivity contribution >= 4 is 12.0 Å². The van der Waals surface area contributed by atoms with Gasteiger partial charge in [-0.1, -0.05) is 30.3 Å². The quantitative estimate of drug-likeness (QED) is 0.659. The lowest BCUT2D eigenvalue weighted by Crippen LogP contribution is -2.33. The van der Waals surface area contributed by atoms with Gasteiger partial charge in [0.1, 0.15) is 5.82 Å². The molecule has 2 rings (SSSR count). The summed E-state index contributed by atoms with van der Waals surface area (Å²) in [4.78, 5) is 25.6. The van der Waals surface area contributed by atoms with Crippen LogP contribution in [0.4, 0.5) is 5.82 Å². The van der Waals surface area contributed by atoms with Crippen LogP contribution < -0.4 is 16.3 Å². The maximum absolute atomic E-state index is 11.5. The van der Waals surface area contributed by atoms with Crippen LogP contribution in [-0.2, 0) is 13.5 Å². The summed E-state index contributed by atoms with van der Waals surface area (Å²) in [6, 6.07) is 11.2. The van der Waals surface area contributed by atoms with Crippen molar-refractivity contribution in [3.8, 4) is 0 Å². The van der Waals surface area contributed by atoms with Gasteiger partial charge in [-0.3, -0.25) is 19.4 Å². The number of hydrogen-bond donors (Lipinski definition) is 1. The molecule has 6 heteroatoms. The fourth-order valence-corrected chi connectivity index (χ4v) is 1.66. The third-order valence-corrected chi connectivity index (χ3v) is 2.90. The molecule has 0 saturated heterocycles. The summed E-state index contributed by atoms with van der Waals surface area (Å²) >= 11 is 0. The smallest absolute Gasteiger partial charge is 0.292 e. The summed E-state index contributed by atoms with van der Waals surface area (Å²) in [5.41, 5.74) is 0.314. The van der Waals surface area contributed by atoms with Crippen LogP contribution >= 0.6 is 0 Å². The molecule has 0 aliphatic heterocycles. The Morgan fingerprint density at radius 3 is 2.65 bits per heavy atom. The molecule has 104 valence electrons. The second kappa shape index (κ2) is 6.01. The molecule has 0 atom stereocenters. The molecule has 0 amide bonds. The first kappa shape index (κ1) is 13.8. The van der Waals surface area contributed by atoms with Gasteiger partial charge in [0.2, 0.25) is 0 Å². The predicted molar refractivity (Wildman–Crippen MR) is 79.3 cm³/mol. The molecule has 0 aliphatic carbocycles. The van der Waals surface area contributed by atoms with Gasteiger partial charge >= 0.3 is 5.69 Å². The van der Waals surface area contributed by atoms with Crippen molar-refractivity contribution in [2.75, 3.05) is 12.1 Å². The number of aromatic nitrogens is 2. The molecule has 0 unspecified atom stereocenters. The Morgan fingerprint density at radius 1 is 1.30 bits per heavy atom. The molecule has 2 aromatic rings. The Kier molecular flexibility index (Phi) is 4.14. The zero-order valence-corrected chi connectivity index (χ0v) is 11.4. The van der Waals surface area contributed by atoms with E-state index >= 15 is 0 Å². The first-order valence-electron chi connectivity index (χ1n) is 6.18. The van der Waals surface area contributed by atoms with E-state index in [4.69, 9.17) is 0 Å². The number of hydrazone groups is 1. The Balaban J connectivity index is 2.10. The number of nitrogens with one attached hydrogen (secondary N) is 1. The summed E-state index contributed by atoms with van der Waals surface area (Å²) in [6.07, 6.45) is 2.41. The summed E-state index contributed by atoms with van der Waals surface area (Å²) in [5, 5.41) is 5.66. The molecule has 1 N–H and O–H groups in total. The Bertz CT molecular complexity index is 685. The minimum absolute atomic E-state index is 0.363. The highest BCUT2D eigenvalue weighted by atomic mass is 16.2. The molecule has 0 radical (unpaired) electrons. The fraction of sp³-hybridized carbons (Fsp3) is 0.214. The Labute approximate surface area is 116 Å². The number of nitrogens with zero attached hydrogens (tertiary/aromatic N) is 3. The largest absolute Gasteiger partial charge is 0.329 e. The minimum atomic E-state index is -0.461. The second-order valence-electron chi connectivity index (χ2n) is 4.37. The van der Waals surface area contributed by atoms with Crippen molar-refractivity contribution < 1.29 is 0 Å². The molecule has 0 aliphatic rings. The van der Waals surface area contributed by atoms with E-state index in [-0.39, 0.29) is 5.56 Å². The van der Waals surface area contributed by atoms with E-state index in [1.807, 2.05) is 30.3 Å². The van der Waals surface area contributed by atoms with Gasteiger partial charge in [0.25, 0.3) is 5.56 Å². The van der Waals surface area contributed by atoms with E-state index in [1.54, 1.807) is 13.3 Å². The normalized spacial score (nSPS) is 10.9. The van der Waals surface area contributed by atoms with Gasteiger partial charge in [-0.05, 0) is 5.56 Å². The predicted octanol–water partition coefficient (Wildman–Crippen LogP) is 0.738. The highest BCUT2D eigenvalue weighted by molar-refractivity contribution is 5.62. The van der Waals surface area contributed by atoms with Crippen molar-refractivity contribution in [1.29, 1.82) is 0 Å². The van der Waals surface area contributed by atoms with Gasteiger partial charge < -0.3 is 0 Å². The van der Waals surface area contributed by atoms with Crippen molar-refractivity contribution in [3.63, 3.8) is 0 Å². The van der Waals surface area contributed by atoms with Crippen molar-refractivity contribution in [2.24, 2.45) is 12.1 Å². The lowest BCUT2D eigenvalue weighted by Gasteiger charge is -2.12. The summed E-state index contributed by atoms with van der Waals surface area (Å²) in [7, 11) is 3.09. The standard InChI is InChI=1S/C14H16N4O2/c1-17-13(19)10-12(16-14(17)20)18(2)15-9-8-11-6-4-3-5-7-11/h3-7,9-10H,8H2,1-2H3,(H,16,20)/b15-9+. The number of H-pyrrole nitrogens is 1. The maximum atomic E-state index is 11.5. The Morgan fingerprint density at radius 2 is 2.00 bits per heavy atom. The Hall–Kier alpha value is -2.63. The molecular formula is C14H16N4O2. The topological polar surface area (TPSA) is 70.5 Å². The average molecular weight is 272 g/mol. The van der Waals surface area contributed by atoms with Crippen LogP contribution in [0.15, 0.2) is 51.1 Å². The van der Waals surface area contributed by atoms with Gasteiger partial charge in [-0.2, -0.15) is 5.10 Å². The van der Waals surface area contributed by atoms with Crippen molar-refractivity contribution in [3.05, 3.63) is 62.8 Å². The molecule has 0 bridgehead atoms. The molecule has 0 spiro atoms. The van der Waals surface area contributed by atoms with Gasteiger partial charge in [0, 0.05) is 32.8 Å². The van der Waals surface area contributed by atoms with Crippen LogP contribution in [0.3, 0.4) is 0 Å². The SMILES string of the molecule is CN(/N=C/Cc1ccccc1)c1cc(=O)n(C)c(=O)[nH]1. The van der Waals surface area contributed by atoms with Crippen LogP contribution in [0.1, 0.15) is 5.56 Å². The van der Waals surface area contributed by atoms with Crippen LogP contribution in [0, 0.1) is 0 Å². The molecular weight excluding hydrogens is 256 g/mol. The number of aromatic amines is 1. The number of anilines is 1. The van der Waals surface area contributed by atoms with E-state index in [0.717, 1.165) is 10.1 Å². The van der Waals surface area contributed by atoms with Crippen LogP contribution in [0.5, 0.6) is 0 Å². The molecule has 1 aromatic carbocycles. The minimum Gasteiger partial charge on any atom is -0.292 e. The summed E-state index contributed by atoms with van der Waals surface area (Å²) in [6.45, 7) is 0. The molecule has 0 fully saturated rings. The van der Waals surface area contributed by atoms with E-state index in [9.17, 15) is 9.59 Å². The van der Waals surface area contributed by atoms with E-state index in [0.29, 0.717) is 12.2 Å². The second-order valence-corrected chi connectivity index (χ2v) is 4.37. The molecule has 0 saturated carbocycles.